The third-order valence-electron chi connectivity index (χ3n) is 4.63. The van der Waals surface area contributed by atoms with E-state index in [9.17, 15) is 4.79 Å². The highest BCUT2D eigenvalue weighted by Crippen LogP contribution is 2.38. The molecule has 0 amide bonds. The van der Waals surface area contributed by atoms with Crippen molar-refractivity contribution in [2.45, 2.75) is 45.3 Å². The van der Waals surface area contributed by atoms with Crippen LogP contribution in [0.4, 0.5) is 0 Å². The van der Waals surface area contributed by atoms with Crippen LogP contribution in [0.15, 0.2) is 60.7 Å². The number of carbonyl (C=O) groups excluding carboxylic acids is 1. The highest BCUT2D eigenvalue weighted by Gasteiger charge is 2.51. The first-order chi connectivity index (χ1) is 12.8. The number of hydrogen-bond donors (Lipinski definition) is 0. The van der Waals surface area contributed by atoms with Crippen molar-refractivity contribution < 1.29 is 14.0 Å². The second-order valence-electron chi connectivity index (χ2n) is 7.57. The minimum atomic E-state index is -2.64. The van der Waals surface area contributed by atoms with Gasteiger partial charge in [-0.15, -0.1) is 0 Å². The molecule has 0 aliphatic carbocycles. The second kappa shape index (κ2) is 9.84. The molecule has 0 heterocycles. The summed E-state index contributed by atoms with van der Waals surface area (Å²) in [7, 11) is -2.64. The fourth-order valence-electron chi connectivity index (χ4n) is 3.47. The molecule has 0 unspecified atom stereocenters. The Bertz CT molecular complexity index is 674. The molecule has 1 atom stereocenters. The summed E-state index contributed by atoms with van der Waals surface area (Å²) in [5.41, 5.74) is 0. The average Bonchev–Trinajstić information content (AvgIpc) is 2.65. The van der Waals surface area contributed by atoms with Crippen LogP contribution in [-0.2, 0) is 14.0 Å². The van der Waals surface area contributed by atoms with Gasteiger partial charge in [0, 0.05) is 4.43 Å². The maximum Gasteiger partial charge on any atom is 0.308 e. The van der Waals surface area contributed by atoms with Crippen molar-refractivity contribution in [1.82, 2.24) is 0 Å². The fraction of sp³-hybridized carbons (Fsp3) is 0.409. The van der Waals surface area contributed by atoms with E-state index in [1.807, 2.05) is 19.1 Å². The van der Waals surface area contributed by atoms with Gasteiger partial charge in [-0.05, 0) is 22.3 Å². The predicted octanol–water partition coefficient (Wildman–Crippen LogP) is 4.32. The summed E-state index contributed by atoms with van der Waals surface area (Å²) in [5, 5.41) is 2.35. The van der Waals surface area contributed by atoms with Crippen molar-refractivity contribution in [3.63, 3.8) is 0 Å². The van der Waals surface area contributed by atoms with Gasteiger partial charge < -0.3 is 9.16 Å². The first-order valence-corrected chi connectivity index (χ1v) is 12.8. The first kappa shape index (κ1) is 22.1. The van der Waals surface area contributed by atoms with Gasteiger partial charge in [-0.1, -0.05) is 104 Å². The summed E-state index contributed by atoms with van der Waals surface area (Å²) in [6.07, 6.45) is 0.0947. The normalized spacial score (nSPS) is 13.2. The van der Waals surface area contributed by atoms with Crippen LogP contribution in [-0.4, -0.2) is 31.4 Å². The van der Waals surface area contributed by atoms with E-state index in [0.717, 1.165) is 4.43 Å². The fourth-order valence-corrected chi connectivity index (χ4v) is 8.99. The molecule has 3 nitrogen and oxygen atoms in total. The van der Waals surface area contributed by atoms with E-state index in [1.165, 1.54) is 10.4 Å². The quantitative estimate of drug-likeness (QED) is 0.236. The molecule has 2 aromatic rings. The van der Waals surface area contributed by atoms with Crippen LogP contribution in [0.25, 0.3) is 0 Å². The molecule has 0 spiro atoms. The summed E-state index contributed by atoms with van der Waals surface area (Å²) in [6.45, 7) is 8.96. The second-order valence-corrected chi connectivity index (χ2v) is 12.7. The Kier molecular flexibility index (Phi) is 8.06. The number of hydrogen-bond acceptors (Lipinski definition) is 3. The van der Waals surface area contributed by atoms with Crippen molar-refractivity contribution in [2.75, 3.05) is 11.0 Å². The minimum absolute atomic E-state index is 0.103. The van der Waals surface area contributed by atoms with Crippen LogP contribution in [0.5, 0.6) is 0 Å². The lowest BCUT2D eigenvalue weighted by atomic mass is 10.2. The van der Waals surface area contributed by atoms with Crippen LogP contribution >= 0.6 is 22.6 Å². The average molecular weight is 496 g/mol. The molecular weight excluding hydrogens is 467 g/mol. The largest absolute Gasteiger partial charge is 0.466 e. The van der Waals surface area contributed by atoms with Crippen molar-refractivity contribution in [1.29, 1.82) is 0 Å². The lowest BCUT2D eigenvalue weighted by Crippen LogP contribution is -2.68. The lowest BCUT2D eigenvalue weighted by molar-refractivity contribution is -0.144. The Morgan fingerprint density at radius 2 is 1.48 bits per heavy atom. The molecule has 0 fully saturated rings. The van der Waals surface area contributed by atoms with Crippen LogP contribution in [0.3, 0.4) is 0 Å². The third kappa shape index (κ3) is 5.21. The zero-order valence-electron chi connectivity index (χ0n) is 16.6. The molecule has 0 aliphatic heterocycles. The van der Waals surface area contributed by atoms with E-state index in [4.69, 9.17) is 9.16 Å². The summed E-state index contributed by atoms with van der Waals surface area (Å²) < 4.78 is 12.9. The number of alkyl halides is 1. The van der Waals surface area contributed by atoms with E-state index in [1.54, 1.807) is 0 Å². The van der Waals surface area contributed by atoms with Gasteiger partial charge in [-0.2, -0.15) is 0 Å². The minimum Gasteiger partial charge on any atom is -0.466 e. The molecule has 0 aromatic heterocycles. The SMILES string of the molecule is CCOC(=O)C[C@@H](CI)O[Si](c1ccccc1)(c1ccccc1)C(C)(C)C. The third-order valence-corrected chi connectivity index (χ3v) is 10.7. The molecule has 0 saturated heterocycles. The monoisotopic (exact) mass is 496 g/mol. The van der Waals surface area contributed by atoms with Gasteiger partial charge in [0.25, 0.3) is 8.32 Å². The lowest BCUT2D eigenvalue weighted by Gasteiger charge is -2.45. The van der Waals surface area contributed by atoms with Crippen molar-refractivity contribution in [3.8, 4) is 0 Å². The predicted molar refractivity (Wildman–Crippen MR) is 123 cm³/mol. The van der Waals surface area contributed by atoms with E-state index in [2.05, 4.69) is 91.9 Å². The molecule has 0 saturated carbocycles. The maximum atomic E-state index is 12.1. The highest BCUT2D eigenvalue weighted by molar-refractivity contribution is 14.1. The van der Waals surface area contributed by atoms with E-state index in [0.29, 0.717) is 6.61 Å². The van der Waals surface area contributed by atoms with Crippen LogP contribution in [0.2, 0.25) is 5.04 Å². The van der Waals surface area contributed by atoms with Crippen molar-refractivity contribution >= 4 is 47.3 Å². The zero-order chi connectivity index (χ0) is 19.9. The molecule has 0 bridgehead atoms. The Labute approximate surface area is 177 Å². The number of carbonyl (C=O) groups is 1. The number of esters is 1. The van der Waals surface area contributed by atoms with Gasteiger partial charge in [0.15, 0.2) is 0 Å². The first-order valence-electron chi connectivity index (χ1n) is 9.35. The molecule has 2 rings (SSSR count). The molecule has 27 heavy (non-hydrogen) atoms. The number of rotatable bonds is 8. The van der Waals surface area contributed by atoms with Gasteiger partial charge in [0.1, 0.15) is 0 Å². The summed E-state index contributed by atoms with van der Waals surface area (Å²) in [4.78, 5) is 12.1. The summed E-state index contributed by atoms with van der Waals surface area (Å²) in [5.74, 6) is -0.197. The molecule has 2 aromatic carbocycles. The molecule has 146 valence electrons. The van der Waals surface area contributed by atoms with Crippen LogP contribution < -0.4 is 10.4 Å². The van der Waals surface area contributed by atoms with E-state index < -0.39 is 8.32 Å². The van der Waals surface area contributed by atoms with Crippen molar-refractivity contribution in [2.24, 2.45) is 0 Å². The molecule has 0 aliphatic rings. The smallest absolute Gasteiger partial charge is 0.308 e. The van der Waals surface area contributed by atoms with Crippen molar-refractivity contribution in [3.05, 3.63) is 60.7 Å². The molecule has 5 heteroatoms. The van der Waals surface area contributed by atoms with E-state index in [-0.39, 0.29) is 23.5 Å². The van der Waals surface area contributed by atoms with Gasteiger partial charge in [0.2, 0.25) is 0 Å². The zero-order valence-corrected chi connectivity index (χ0v) is 19.7. The Morgan fingerprint density at radius 1 is 1.00 bits per heavy atom. The Hall–Kier alpha value is -1.18. The Morgan fingerprint density at radius 3 is 1.85 bits per heavy atom. The number of halogens is 1. The van der Waals surface area contributed by atoms with Crippen LogP contribution in [0.1, 0.15) is 34.1 Å². The summed E-state index contributed by atoms with van der Waals surface area (Å²) >= 11 is 2.31. The van der Waals surface area contributed by atoms with Gasteiger partial charge in [-0.25, -0.2) is 0 Å². The van der Waals surface area contributed by atoms with Gasteiger partial charge in [-0.3, -0.25) is 4.79 Å². The number of ether oxygens (including phenoxy) is 1. The molecular formula is C22H29IO3Si. The number of benzene rings is 2. The highest BCUT2D eigenvalue weighted by atomic mass is 127. The topological polar surface area (TPSA) is 35.5 Å². The van der Waals surface area contributed by atoms with Gasteiger partial charge in [0.05, 0.1) is 19.1 Å². The molecule has 0 radical (unpaired) electrons. The Balaban J connectivity index is 2.56. The standard InChI is InChI=1S/C22H29IO3Si/c1-5-25-21(24)16-18(17-23)26-27(22(2,3)4,19-12-8-6-9-13-19)20-14-10-7-11-15-20/h6-15,18H,5,16-17H2,1-4H3/t18-/m0/s1. The van der Waals surface area contributed by atoms with Crippen LogP contribution in [0, 0.1) is 0 Å². The maximum absolute atomic E-state index is 12.1. The summed E-state index contributed by atoms with van der Waals surface area (Å²) in [6, 6.07) is 21.0. The van der Waals surface area contributed by atoms with E-state index >= 15 is 0 Å². The molecule has 0 N–H and O–H groups in total. The van der Waals surface area contributed by atoms with Gasteiger partial charge >= 0.3 is 5.97 Å².